The fourth-order valence-electron chi connectivity index (χ4n) is 3.45. The number of anilines is 1. The maximum absolute atomic E-state index is 13.2. The number of aryl methyl sites for hydroxylation is 1. The number of amides is 2. The molecule has 0 unspecified atom stereocenters. The maximum Gasteiger partial charge on any atom is 0.270 e. The van der Waals surface area contributed by atoms with Crippen LogP contribution in [0.1, 0.15) is 16.7 Å². The molecule has 0 aromatic heterocycles. The predicted molar refractivity (Wildman–Crippen MR) is 136 cm³/mol. The van der Waals surface area contributed by atoms with Crippen molar-refractivity contribution in [3.05, 3.63) is 94.0 Å². The van der Waals surface area contributed by atoms with Crippen LogP contribution in [0.25, 0.3) is 6.08 Å². The Labute approximate surface area is 207 Å². The Bertz CT molecular complexity index is 1290. The van der Waals surface area contributed by atoms with Crippen molar-refractivity contribution in [2.24, 2.45) is 0 Å². The molecule has 1 aliphatic heterocycles. The van der Waals surface area contributed by atoms with Crippen molar-refractivity contribution in [1.82, 2.24) is 5.32 Å². The fraction of sp³-hybridized carbons (Fsp3) is 0.115. The van der Waals surface area contributed by atoms with E-state index in [1.807, 2.05) is 37.3 Å². The average molecular weight is 493 g/mol. The van der Waals surface area contributed by atoms with E-state index in [-0.39, 0.29) is 17.3 Å². The van der Waals surface area contributed by atoms with Crippen LogP contribution in [-0.4, -0.2) is 24.0 Å². The lowest BCUT2D eigenvalue weighted by Crippen LogP contribution is -2.54. The van der Waals surface area contributed by atoms with E-state index in [9.17, 15) is 9.59 Å². The number of thiocarbonyl (C=S) groups is 1. The van der Waals surface area contributed by atoms with Gasteiger partial charge in [-0.05, 0) is 79.3 Å². The summed E-state index contributed by atoms with van der Waals surface area (Å²) in [5.74, 6) is 0.279. The van der Waals surface area contributed by atoms with Crippen molar-refractivity contribution in [3.8, 4) is 11.5 Å². The van der Waals surface area contributed by atoms with Gasteiger partial charge in [-0.25, -0.2) is 0 Å². The normalized spacial score (nSPS) is 14.9. The topological polar surface area (TPSA) is 67.9 Å². The van der Waals surface area contributed by atoms with Gasteiger partial charge in [0.1, 0.15) is 23.7 Å². The van der Waals surface area contributed by atoms with Gasteiger partial charge in [0.15, 0.2) is 5.11 Å². The van der Waals surface area contributed by atoms with E-state index in [0.29, 0.717) is 22.0 Å². The molecule has 4 rings (SSSR count). The van der Waals surface area contributed by atoms with Gasteiger partial charge in [0.25, 0.3) is 11.8 Å². The number of nitrogens with zero attached hydrogens (tertiary/aromatic N) is 1. The lowest BCUT2D eigenvalue weighted by atomic mass is 10.0. The van der Waals surface area contributed by atoms with Crippen molar-refractivity contribution < 1.29 is 19.1 Å². The lowest BCUT2D eigenvalue weighted by molar-refractivity contribution is -0.122. The molecule has 1 N–H and O–H groups in total. The van der Waals surface area contributed by atoms with Crippen LogP contribution in [0.5, 0.6) is 11.5 Å². The van der Waals surface area contributed by atoms with Crippen LogP contribution in [0.3, 0.4) is 0 Å². The number of benzene rings is 3. The van der Waals surface area contributed by atoms with Crippen LogP contribution in [0.15, 0.2) is 72.3 Å². The monoisotopic (exact) mass is 492 g/mol. The highest BCUT2D eigenvalue weighted by atomic mass is 35.5. The molecule has 0 spiro atoms. The zero-order chi connectivity index (χ0) is 24.2. The van der Waals surface area contributed by atoms with E-state index in [0.717, 1.165) is 16.9 Å². The van der Waals surface area contributed by atoms with Crippen molar-refractivity contribution >= 4 is 52.5 Å². The standard InChI is InChI=1S/C26H21ClN2O4S/c1-16-3-10-21(11-4-16)33-15-18-13-17(5-12-23(18)32-2)14-22-24(30)28-26(34)29(25(22)31)20-8-6-19(27)7-9-20/h3-14H,15H2,1-2H3,(H,28,30,34). The smallest absolute Gasteiger partial charge is 0.270 e. The summed E-state index contributed by atoms with van der Waals surface area (Å²) in [6, 6.07) is 19.7. The number of ether oxygens (including phenoxy) is 2. The van der Waals surface area contributed by atoms with Gasteiger partial charge in [0, 0.05) is 10.6 Å². The molecule has 3 aromatic carbocycles. The van der Waals surface area contributed by atoms with Crippen molar-refractivity contribution in [2.75, 3.05) is 12.0 Å². The quantitative estimate of drug-likeness (QED) is 0.296. The molecule has 1 aliphatic rings. The summed E-state index contributed by atoms with van der Waals surface area (Å²) in [5, 5.41) is 3.11. The molecule has 3 aromatic rings. The molecule has 0 saturated carbocycles. The summed E-state index contributed by atoms with van der Waals surface area (Å²) in [7, 11) is 1.58. The molecular formula is C26H21ClN2O4S. The third-order valence-electron chi connectivity index (χ3n) is 5.22. The first-order valence-electron chi connectivity index (χ1n) is 10.4. The van der Waals surface area contributed by atoms with Gasteiger partial charge in [0.05, 0.1) is 12.8 Å². The Morgan fingerprint density at radius 1 is 1.03 bits per heavy atom. The summed E-state index contributed by atoms with van der Waals surface area (Å²) in [6.07, 6.45) is 1.52. The van der Waals surface area contributed by atoms with Crippen molar-refractivity contribution in [2.45, 2.75) is 13.5 Å². The minimum Gasteiger partial charge on any atom is -0.496 e. The molecule has 2 amide bonds. The second-order valence-electron chi connectivity index (χ2n) is 7.61. The Morgan fingerprint density at radius 3 is 2.41 bits per heavy atom. The Balaban J connectivity index is 1.62. The van der Waals surface area contributed by atoms with Gasteiger partial charge in [-0.3, -0.25) is 19.8 Å². The highest BCUT2D eigenvalue weighted by molar-refractivity contribution is 7.80. The first-order valence-corrected chi connectivity index (χ1v) is 11.2. The summed E-state index contributed by atoms with van der Waals surface area (Å²) in [5.41, 5.74) is 3.02. The SMILES string of the molecule is COc1ccc(C=C2C(=O)NC(=S)N(c3ccc(Cl)cc3)C2=O)cc1COc1ccc(C)cc1. The number of hydrogen-bond donors (Lipinski definition) is 1. The van der Waals surface area contributed by atoms with E-state index in [1.54, 1.807) is 43.5 Å². The summed E-state index contributed by atoms with van der Waals surface area (Å²) in [4.78, 5) is 27.1. The summed E-state index contributed by atoms with van der Waals surface area (Å²) < 4.78 is 11.3. The van der Waals surface area contributed by atoms with E-state index in [1.165, 1.54) is 11.0 Å². The van der Waals surface area contributed by atoms with Gasteiger partial charge in [0.2, 0.25) is 0 Å². The number of rotatable bonds is 6. The zero-order valence-electron chi connectivity index (χ0n) is 18.5. The Hall–Kier alpha value is -3.68. The summed E-state index contributed by atoms with van der Waals surface area (Å²) in [6.45, 7) is 2.26. The van der Waals surface area contributed by atoms with Gasteiger partial charge in [-0.1, -0.05) is 35.4 Å². The van der Waals surface area contributed by atoms with E-state index in [2.05, 4.69) is 5.32 Å². The van der Waals surface area contributed by atoms with Gasteiger partial charge in [-0.2, -0.15) is 0 Å². The highest BCUT2D eigenvalue weighted by Gasteiger charge is 2.34. The van der Waals surface area contributed by atoms with Gasteiger partial charge >= 0.3 is 0 Å². The third-order valence-corrected chi connectivity index (χ3v) is 5.75. The zero-order valence-corrected chi connectivity index (χ0v) is 20.1. The molecule has 1 saturated heterocycles. The van der Waals surface area contributed by atoms with E-state index >= 15 is 0 Å². The Kier molecular flexibility index (Phi) is 6.95. The molecule has 0 aliphatic carbocycles. The van der Waals surface area contributed by atoms with Crippen molar-refractivity contribution in [3.63, 3.8) is 0 Å². The molecule has 0 radical (unpaired) electrons. The fourth-order valence-corrected chi connectivity index (χ4v) is 3.85. The molecule has 0 atom stereocenters. The minimum absolute atomic E-state index is 0.0105. The molecule has 8 heteroatoms. The number of halogens is 1. The second kappa shape index (κ2) is 10.1. The molecule has 34 heavy (non-hydrogen) atoms. The third kappa shape index (κ3) is 5.11. The minimum atomic E-state index is -0.562. The average Bonchev–Trinajstić information content (AvgIpc) is 2.82. The van der Waals surface area contributed by atoms with Gasteiger partial charge in [-0.15, -0.1) is 0 Å². The van der Waals surface area contributed by atoms with Crippen LogP contribution >= 0.6 is 23.8 Å². The maximum atomic E-state index is 13.2. The second-order valence-corrected chi connectivity index (χ2v) is 8.43. The van der Waals surface area contributed by atoms with Crippen molar-refractivity contribution in [1.29, 1.82) is 0 Å². The van der Waals surface area contributed by atoms with E-state index in [4.69, 9.17) is 33.3 Å². The first-order chi connectivity index (χ1) is 16.4. The molecule has 6 nitrogen and oxygen atoms in total. The number of nitrogens with one attached hydrogen (secondary N) is 1. The largest absolute Gasteiger partial charge is 0.496 e. The summed E-state index contributed by atoms with van der Waals surface area (Å²) >= 11 is 11.2. The van der Waals surface area contributed by atoms with E-state index < -0.39 is 11.8 Å². The predicted octanol–water partition coefficient (Wildman–Crippen LogP) is 5.07. The first kappa shape index (κ1) is 23.5. The highest BCUT2D eigenvalue weighted by Crippen LogP contribution is 2.26. The van der Waals surface area contributed by atoms with Gasteiger partial charge < -0.3 is 9.47 Å². The van der Waals surface area contributed by atoms with Crippen LogP contribution in [0.4, 0.5) is 5.69 Å². The number of carbonyl (C=O) groups is 2. The van der Waals surface area contributed by atoms with Crippen LogP contribution in [-0.2, 0) is 16.2 Å². The number of hydrogen-bond acceptors (Lipinski definition) is 5. The van der Waals surface area contributed by atoms with Crippen LogP contribution in [0.2, 0.25) is 5.02 Å². The number of methoxy groups -OCH3 is 1. The molecular weight excluding hydrogens is 472 g/mol. The molecule has 172 valence electrons. The van der Waals surface area contributed by atoms with Crippen LogP contribution < -0.4 is 19.7 Å². The number of carbonyl (C=O) groups excluding carboxylic acids is 2. The molecule has 0 bridgehead atoms. The Morgan fingerprint density at radius 2 is 1.74 bits per heavy atom. The molecule has 1 fully saturated rings. The molecule has 1 heterocycles. The van der Waals surface area contributed by atoms with Crippen LogP contribution in [0, 0.1) is 6.92 Å². The lowest BCUT2D eigenvalue weighted by Gasteiger charge is -2.29.